The van der Waals surface area contributed by atoms with Gasteiger partial charge < -0.3 is 14.0 Å². The van der Waals surface area contributed by atoms with Gasteiger partial charge in [-0.1, -0.05) is 81.4 Å². The topological polar surface area (TPSA) is 55.8 Å². The largest absolute Gasteiger partial charge is 0.445 e. The van der Waals surface area contributed by atoms with E-state index in [0.717, 1.165) is 17.4 Å². The fraction of sp³-hybridized carbons (Fsp3) is 0.462. The molecule has 0 bridgehead atoms. The molecule has 1 aliphatic rings. The third-order valence-electron chi connectivity index (χ3n) is 6.73. The molecule has 0 saturated carbocycles. The van der Waals surface area contributed by atoms with Crippen molar-refractivity contribution >= 4 is 20.7 Å². The smallest absolute Gasteiger partial charge is 0.411 e. The number of ether oxygens (including phenoxy) is 1. The van der Waals surface area contributed by atoms with E-state index in [-0.39, 0.29) is 23.8 Å². The Morgan fingerprint density at radius 1 is 1.03 bits per heavy atom. The van der Waals surface area contributed by atoms with E-state index in [1.807, 2.05) is 60.7 Å². The van der Waals surface area contributed by atoms with Crippen LogP contribution in [0.1, 0.15) is 38.3 Å². The van der Waals surface area contributed by atoms with Gasteiger partial charge in [-0.05, 0) is 35.7 Å². The van der Waals surface area contributed by atoms with E-state index in [4.69, 9.17) is 9.16 Å². The highest BCUT2D eigenvalue weighted by atomic mass is 28.4. The van der Waals surface area contributed by atoms with Crippen LogP contribution in [-0.2, 0) is 27.0 Å². The number of likely N-dealkylation sites (tertiary alicyclic amines) is 1. The van der Waals surface area contributed by atoms with E-state index < -0.39 is 20.5 Å². The van der Waals surface area contributed by atoms with E-state index in [2.05, 4.69) is 33.9 Å². The molecule has 0 radical (unpaired) electrons. The van der Waals surface area contributed by atoms with E-state index in [1.165, 1.54) is 0 Å². The summed E-state index contributed by atoms with van der Waals surface area (Å²) in [6, 6.07) is 18.8. The van der Waals surface area contributed by atoms with Crippen LogP contribution in [0.15, 0.2) is 60.7 Å². The number of nitrogens with zero attached hydrogens (tertiary/aromatic N) is 1. The van der Waals surface area contributed by atoms with Crippen LogP contribution in [0.5, 0.6) is 0 Å². The molecule has 2 aromatic rings. The zero-order chi connectivity index (χ0) is 23.4. The maximum absolute atomic E-state index is 13.2. The van der Waals surface area contributed by atoms with Crippen molar-refractivity contribution in [3.8, 4) is 0 Å². The molecule has 0 aliphatic carbocycles. The summed E-state index contributed by atoms with van der Waals surface area (Å²) < 4.78 is 12.4. The molecular weight excluding hydrogens is 418 g/mol. The second-order valence-corrected chi connectivity index (χ2v) is 14.8. The average molecular weight is 454 g/mol. The predicted molar refractivity (Wildman–Crippen MR) is 129 cm³/mol. The van der Waals surface area contributed by atoms with E-state index in [0.29, 0.717) is 12.8 Å². The van der Waals surface area contributed by atoms with Crippen LogP contribution in [0.4, 0.5) is 4.79 Å². The molecular formula is C26H35NO4Si. The van der Waals surface area contributed by atoms with Crippen molar-refractivity contribution in [2.45, 2.75) is 76.5 Å². The standard InChI is InChI=1S/C26H35NO4Si/c1-26(2,3)32(4,5)31-24-17-22(18-28)27(23(24)16-20-12-8-6-9-13-20)25(29)30-19-21-14-10-7-11-15-21/h6-15,18,22-24H,16-17,19H2,1-5H3/t22-,23-,24-/m0/s1. The van der Waals surface area contributed by atoms with Gasteiger partial charge in [0.15, 0.2) is 8.32 Å². The summed E-state index contributed by atoms with van der Waals surface area (Å²) in [7, 11) is -2.10. The van der Waals surface area contributed by atoms with Crippen molar-refractivity contribution in [3.05, 3.63) is 71.8 Å². The van der Waals surface area contributed by atoms with Crippen molar-refractivity contribution in [1.29, 1.82) is 0 Å². The molecule has 3 atom stereocenters. The number of hydrogen-bond acceptors (Lipinski definition) is 4. The van der Waals surface area contributed by atoms with Crippen LogP contribution in [0.2, 0.25) is 18.1 Å². The maximum atomic E-state index is 13.2. The van der Waals surface area contributed by atoms with Gasteiger partial charge >= 0.3 is 6.09 Å². The Labute approximate surface area is 192 Å². The average Bonchev–Trinajstić information content (AvgIpc) is 3.09. The van der Waals surface area contributed by atoms with Gasteiger partial charge in [-0.15, -0.1) is 0 Å². The molecule has 6 heteroatoms. The summed E-state index contributed by atoms with van der Waals surface area (Å²) in [5.74, 6) is 0. The SMILES string of the molecule is CC(C)(C)[Si](C)(C)O[C@H]1C[C@@H](C=O)N(C(=O)OCc2ccccc2)[C@H]1Cc1ccccc1. The quantitative estimate of drug-likeness (QED) is 0.405. The number of hydrogen-bond donors (Lipinski definition) is 0. The first kappa shape index (κ1) is 24.2. The molecule has 2 aromatic carbocycles. The minimum Gasteiger partial charge on any atom is -0.445 e. The van der Waals surface area contributed by atoms with Crippen molar-refractivity contribution in [2.75, 3.05) is 0 Å². The fourth-order valence-electron chi connectivity index (χ4n) is 3.89. The number of carbonyl (C=O) groups is 2. The van der Waals surface area contributed by atoms with Crippen LogP contribution < -0.4 is 0 Å². The van der Waals surface area contributed by atoms with Crippen molar-refractivity contribution in [1.82, 2.24) is 4.90 Å². The first-order valence-electron chi connectivity index (χ1n) is 11.3. The number of aldehydes is 1. The van der Waals surface area contributed by atoms with E-state index in [9.17, 15) is 9.59 Å². The van der Waals surface area contributed by atoms with Gasteiger partial charge in [0.2, 0.25) is 0 Å². The van der Waals surface area contributed by atoms with E-state index in [1.54, 1.807) is 4.90 Å². The Hall–Kier alpha value is -2.44. The van der Waals surface area contributed by atoms with Crippen LogP contribution in [0.3, 0.4) is 0 Å². The van der Waals surface area contributed by atoms with Gasteiger partial charge in [-0.2, -0.15) is 0 Å². The Morgan fingerprint density at radius 3 is 2.12 bits per heavy atom. The lowest BCUT2D eigenvalue weighted by Crippen LogP contribution is -2.50. The second kappa shape index (κ2) is 10.0. The van der Waals surface area contributed by atoms with Crippen LogP contribution in [0, 0.1) is 0 Å². The van der Waals surface area contributed by atoms with Gasteiger partial charge in [0, 0.05) is 6.42 Å². The van der Waals surface area contributed by atoms with Crippen LogP contribution in [-0.4, -0.2) is 43.8 Å². The molecule has 172 valence electrons. The lowest BCUT2D eigenvalue weighted by atomic mass is 10.0. The molecule has 0 N–H and O–H groups in total. The molecule has 1 heterocycles. The third kappa shape index (κ3) is 5.67. The summed E-state index contributed by atoms with van der Waals surface area (Å²) >= 11 is 0. The lowest BCUT2D eigenvalue weighted by molar-refractivity contribution is -0.111. The van der Waals surface area contributed by atoms with Gasteiger partial charge in [-0.3, -0.25) is 4.90 Å². The minimum absolute atomic E-state index is 0.0300. The predicted octanol–water partition coefficient (Wildman–Crippen LogP) is 5.60. The molecule has 32 heavy (non-hydrogen) atoms. The van der Waals surface area contributed by atoms with Gasteiger partial charge in [0.25, 0.3) is 0 Å². The first-order valence-corrected chi connectivity index (χ1v) is 14.2. The van der Waals surface area contributed by atoms with Crippen molar-refractivity contribution in [2.24, 2.45) is 0 Å². The number of carbonyl (C=O) groups excluding carboxylic acids is 2. The Morgan fingerprint density at radius 2 is 1.59 bits per heavy atom. The summed E-state index contributed by atoms with van der Waals surface area (Å²) in [5.41, 5.74) is 2.02. The number of benzene rings is 2. The third-order valence-corrected chi connectivity index (χ3v) is 11.2. The number of amides is 1. The summed E-state index contributed by atoms with van der Waals surface area (Å²) in [4.78, 5) is 26.8. The second-order valence-electron chi connectivity index (χ2n) is 10.1. The molecule has 0 spiro atoms. The molecule has 1 saturated heterocycles. The van der Waals surface area contributed by atoms with E-state index >= 15 is 0 Å². The molecule has 1 fully saturated rings. The Balaban J connectivity index is 1.85. The molecule has 5 nitrogen and oxygen atoms in total. The van der Waals surface area contributed by atoms with Crippen LogP contribution >= 0.6 is 0 Å². The minimum atomic E-state index is -2.10. The summed E-state index contributed by atoms with van der Waals surface area (Å²) in [6.07, 6.45) is 1.29. The molecule has 3 rings (SSSR count). The highest BCUT2D eigenvalue weighted by Gasteiger charge is 2.49. The van der Waals surface area contributed by atoms with Crippen molar-refractivity contribution < 1.29 is 18.8 Å². The monoisotopic (exact) mass is 453 g/mol. The molecule has 0 unspecified atom stereocenters. The van der Waals surface area contributed by atoms with Gasteiger partial charge in [0.05, 0.1) is 18.2 Å². The normalized spacial score (nSPS) is 21.4. The zero-order valence-electron chi connectivity index (χ0n) is 19.8. The molecule has 0 aromatic heterocycles. The van der Waals surface area contributed by atoms with Gasteiger partial charge in [0.1, 0.15) is 12.9 Å². The van der Waals surface area contributed by atoms with Crippen molar-refractivity contribution in [3.63, 3.8) is 0 Å². The molecule has 1 aliphatic heterocycles. The Kier molecular flexibility index (Phi) is 7.57. The summed E-state index contributed by atoms with van der Waals surface area (Å²) in [5, 5.41) is 0.0300. The fourth-order valence-corrected chi connectivity index (χ4v) is 5.25. The highest BCUT2D eigenvalue weighted by molar-refractivity contribution is 6.74. The van der Waals surface area contributed by atoms with Gasteiger partial charge in [-0.25, -0.2) is 4.79 Å². The maximum Gasteiger partial charge on any atom is 0.411 e. The summed E-state index contributed by atoms with van der Waals surface area (Å²) in [6.45, 7) is 11.2. The highest BCUT2D eigenvalue weighted by Crippen LogP contribution is 2.40. The first-order chi connectivity index (χ1) is 15.1. The Bertz CT molecular complexity index is 895. The number of rotatable bonds is 7. The van der Waals surface area contributed by atoms with Crippen LogP contribution in [0.25, 0.3) is 0 Å². The lowest BCUT2D eigenvalue weighted by Gasteiger charge is -2.40. The zero-order valence-corrected chi connectivity index (χ0v) is 20.8. The molecule has 1 amide bonds.